The van der Waals surface area contributed by atoms with Gasteiger partial charge in [-0.2, -0.15) is 0 Å². The molecular formula is C13H12FN3O3. The molecule has 104 valence electrons. The normalized spacial score (nSPS) is 11.9. The molecule has 0 aliphatic heterocycles. The highest BCUT2D eigenvalue weighted by molar-refractivity contribution is 5.47. The largest absolute Gasteiger partial charge is 0.432 e. The quantitative estimate of drug-likeness (QED) is 0.685. The molecule has 1 aromatic carbocycles. The molecule has 0 aliphatic rings. The zero-order valence-electron chi connectivity index (χ0n) is 10.6. The summed E-state index contributed by atoms with van der Waals surface area (Å²) in [7, 11) is 0. The number of ether oxygens (including phenoxy) is 1. The molecule has 0 radical (unpaired) electrons. The van der Waals surface area contributed by atoms with Crippen LogP contribution in [0, 0.1) is 15.9 Å². The monoisotopic (exact) mass is 277 g/mol. The Labute approximate surface area is 114 Å². The maximum Gasteiger partial charge on any atom is 0.311 e. The second kappa shape index (κ2) is 5.62. The van der Waals surface area contributed by atoms with Crippen molar-refractivity contribution < 1.29 is 14.1 Å². The number of pyridine rings is 1. The van der Waals surface area contributed by atoms with Crippen LogP contribution in [-0.2, 0) is 0 Å². The lowest BCUT2D eigenvalue weighted by Crippen LogP contribution is -2.05. The highest BCUT2D eigenvalue weighted by atomic mass is 19.1. The van der Waals surface area contributed by atoms with Gasteiger partial charge >= 0.3 is 5.69 Å². The van der Waals surface area contributed by atoms with Gasteiger partial charge in [0.1, 0.15) is 5.82 Å². The molecule has 2 aromatic rings. The summed E-state index contributed by atoms with van der Waals surface area (Å²) in [5.41, 5.74) is 6.15. The molecule has 0 aliphatic carbocycles. The Morgan fingerprint density at radius 1 is 1.40 bits per heavy atom. The van der Waals surface area contributed by atoms with Crippen LogP contribution in [0.1, 0.15) is 18.5 Å². The fraction of sp³-hybridized carbons (Fsp3) is 0.154. The summed E-state index contributed by atoms with van der Waals surface area (Å²) in [6, 6.07) is 6.02. The van der Waals surface area contributed by atoms with Crippen LogP contribution in [0.2, 0.25) is 0 Å². The average Bonchev–Trinajstić information content (AvgIpc) is 2.39. The predicted molar refractivity (Wildman–Crippen MR) is 70.0 cm³/mol. The predicted octanol–water partition coefficient (Wildman–Crippen LogP) is 2.94. The number of halogens is 1. The number of nitrogens with zero attached hydrogens (tertiary/aromatic N) is 2. The van der Waals surface area contributed by atoms with E-state index in [4.69, 9.17) is 10.5 Å². The van der Waals surface area contributed by atoms with Crippen molar-refractivity contribution in [2.75, 3.05) is 0 Å². The molecule has 0 unspecified atom stereocenters. The van der Waals surface area contributed by atoms with E-state index >= 15 is 0 Å². The minimum absolute atomic E-state index is 0.128. The van der Waals surface area contributed by atoms with Crippen LogP contribution in [0.4, 0.5) is 10.1 Å². The number of nitro benzene ring substituents is 1. The van der Waals surface area contributed by atoms with Gasteiger partial charge in [-0.25, -0.2) is 9.37 Å². The minimum atomic E-state index is -0.648. The molecule has 20 heavy (non-hydrogen) atoms. The molecule has 0 bridgehead atoms. The fourth-order valence-electron chi connectivity index (χ4n) is 1.55. The van der Waals surface area contributed by atoms with E-state index in [1.807, 2.05) is 0 Å². The standard InChI is InChI=1S/C13H12FN3O3/c1-8(15)9-2-5-13(16-7-9)20-12-6-10(14)3-4-11(12)17(18)19/h2-8H,15H2,1H3/t8-/m0/s1. The first kappa shape index (κ1) is 13.9. The molecule has 2 N–H and O–H groups in total. The Morgan fingerprint density at radius 3 is 2.70 bits per heavy atom. The van der Waals surface area contributed by atoms with Gasteiger partial charge < -0.3 is 10.5 Å². The lowest BCUT2D eigenvalue weighted by atomic mass is 10.2. The number of hydrogen-bond donors (Lipinski definition) is 1. The molecule has 7 heteroatoms. The Morgan fingerprint density at radius 2 is 2.15 bits per heavy atom. The molecule has 0 spiro atoms. The Bertz CT molecular complexity index is 629. The van der Waals surface area contributed by atoms with Gasteiger partial charge in [0.05, 0.1) is 4.92 Å². The van der Waals surface area contributed by atoms with Crippen molar-refractivity contribution in [1.29, 1.82) is 0 Å². The Kier molecular flexibility index (Phi) is 3.90. The lowest BCUT2D eigenvalue weighted by Gasteiger charge is -2.08. The highest BCUT2D eigenvalue weighted by Crippen LogP contribution is 2.31. The number of benzene rings is 1. The van der Waals surface area contributed by atoms with Gasteiger partial charge in [-0.15, -0.1) is 0 Å². The first-order valence-electron chi connectivity index (χ1n) is 5.80. The molecule has 0 fully saturated rings. The molecule has 2 rings (SSSR count). The number of hydrogen-bond acceptors (Lipinski definition) is 5. The summed E-state index contributed by atoms with van der Waals surface area (Å²) in [6.07, 6.45) is 1.51. The number of nitro groups is 1. The lowest BCUT2D eigenvalue weighted by molar-refractivity contribution is -0.385. The average molecular weight is 277 g/mol. The van der Waals surface area contributed by atoms with Crippen molar-refractivity contribution in [3.63, 3.8) is 0 Å². The summed E-state index contributed by atoms with van der Waals surface area (Å²) >= 11 is 0. The first-order chi connectivity index (χ1) is 9.47. The van der Waals surface area contributed by atoms with E-state index in [9.17, 15) is 14.5 Å². The van der Waals surface area contributed by atoms with Crippen molar-refractivity contribution >= 4 is 5.69 Å². The molecule has 0 saturated heterocycles. The molecule has 1 aromatic heterocycles. The van der Waals surface area contributed by atoms with Crippen LogP contribution in [-0.4, -0.2) is 9.91 Å². The summed E-state index contributed by atoms with van der Waals surface area (Å²) < 4.78 is 18.4. The number of nitrogens with two attached hydrogens (primary N) is 1. The molecular weight excluding hydrogens is 265 g/mol. The van der Waals surface area contributed by atoms with Crippen LogP contribution in [0.15, 0.2) is 36.5 Å². The summed E-state index contributed by atoms with van der Waals surface area (Å²) in [5.74, 6) is -0.697. The van der Waals surface area contributed by atoms with Gasteiger partial charge in [-0.1, -0.05) is 6.07 Å². The Balaban J connectivity index is 2.29. The van der Waals surface area contributed by atoms with Crippen molar-refractivity contribution in [2.45, 2.75) is 13.0 Å². The number of aromatic nitrogens is 1. The van der Waals surface area contributed by atoms with Crippen molar-refractivity contribution in [3.05, 3.63) is 58.0 Å². The number of rotatable bonds is 4. The fourth-order valence-corrected chi connectivity index (χ4v) is 1.55. The van der Waals surface area contributed by atoms with Gasteiger partial charge in [-0.3, -0.25) is 10.1 Å². The molecule has 1 heterocycles. The third-order valence-electron chi connectivity index (χ3n) is 2.62. The van der Waals surface area contributed by atoms with Crippen LogP contribution < -0.4 is 10.5 Å². The van der Waals surface area contributed by atoms with Crippen molar-refractivity contribution in [3.8, 4) is 11.6 Å². The third kappa shape index (κ3) is 3.07. The maximum absolute atomic E-state index is 13.1. The first-order valence-corrected chi connectivity index (χ1v) is 5.80. The van der Waals surface area contributed by atoms with Gasteiger partial charge in [0.2, 0.25) is 11.6 Å². The minimum Gasteiger partial charge on any atom is -0.432 e. The van der Waals surface area contributed by atoms with Crippen LogP contribution in [0.5, 0.6) is 11.6 Å². The summed E-state index contributed by atoms with van der Waals surface area (Å²) in [4.78, 5) is 14.2. The van der Waals surface area contributed by atoms with E-state index < -0.39 is 10.7 Å². The van der Waals surface area contributed by atoms with E-state index in [0.717, 1.165) is 23.8 Å². The van der Waals surface area contributed by atoms with Crippen molar-refractivity contribution in [2.24, 2.45) is 5.73 Å². The summed E-state index contributed by atoms with van der Waals surface area (Å²) in [6.45, 7) is 1.80. The van der Waals surface area contributed by atoms with Gasteiger partial charge in [-0.05, 0) is 18.6 Å². The van der Waals surface area contributed by atoms with E-state index in [-0.39, 0.29) is 23.4 Å². The van der Waals surface area contributed by atoms with Gasteiger partial charge in [0, 0.05) is 30.4 Å². The zero-order chi connectivity index (χ0) is 14.7. The highest BCUT2D eigenvalue weighted by Gasteiger charge is 2.17. The van der Waals surface area contributed by atoms with E-state index in [1.54, 1.807) is 13.0 Å². The van der Waals surface area contributed by atoms with E-state index in [2.05, 4.69) is 4.98 Å². The van der Waals surface area contributed by atoms with Crippen LogP contribution in [0.3, 0.4) is 0 Å². The molecule has 0 amide bonds. The zero-order valence-corrected chi connectivity index (χ0v) is 10.6. The molecule has 0 saturated carbocycles. The van der Waals surface area contributed by atoms with E-state index in [1.165, 1.54) is 12.3 Å². The van der Waals surface area contributed by atoms with Crippen LogP contribution in [0.25, 0.3) is 0 Å². The van der Waals surface area contributed by atoms with Gasteiger partial charge in [0.25, 0.3) is 0 Å². The Hall–Kier alpha value is -2.54. The second-order valence-corrected chi connectivity index (χ2v) is 4.19. The van der Waals surface area contributed by atoms with E-state index in [0.29, 0.717) is 0 Å². The summed E-state index contributed by atoms with van der Waals surface area (Å²) in [5, 5.41) is 10.8. The second-order valence-electron chi connectivity index (χ2n) is 4.19. The van der Waals surface area contributed by atoms with Crippen LogP contribution >= 0.6 is 0 Å². The maximum atomic E-state index is 13.1. The molecule has 6 nitrogen and oxygen atoms in total. The third-order valence-corrected chi connectivity index (χ3v) is 2.62. The van der Waals surface area contributed by atoms with Crippen molar-refractivity contribution in [1.82, 2.24) is 4.98 Å². The van der Waals surface area contributed by atoms with Gasteiger partial charge in [0.15, 0.2) is 0 Å². The SMILES string of the molecule is C[C@H](N)c1ccc(Oc2cc(F)ccc2[N+](=O)[O-])nc1. The smallest absolute Gasteiger partial charge is 0.311 e. The molecule has 1 atom stereocenters. The topological polar surface area (TPSA) is 91.3 Å².